The van der Waals surface area contributed by atoms with E-state index in [1.807, 2.05) is 5.32 Å². The Hall–Kier alpha value is -5.34. The van der Waals surface area contributed by atoms with Crippen LogP contribution >= 0.6 is 23.2 Å². The zero-order chi connectivity index (χ0) is 36.8. The van der Waals surface area contributed by atoms with Gasteiger partial charge in [-0.2, -0.15) is 26.3 Å². The van der Waals surface area contributed by atoms with Crippen molar-refractivity contribution in [2.24, 2.45) is 0 Å². The smallest absolute Gasteiger partial charge is 0.350 e. The number of nitrogens with one attached hydrogen (secondary N) is 2. The molecular weight excluding hydrogens is 721 g/mol. The number of fused-ring (bicyclic) bond motifs is 2. The number of carbonyl (C=O) groups is 2. The van der Waals surface area contributed by atoms with E-state index in [1.54, 1.807) is 85.5 Å². The number of nitrogens with zero attached hydrogens (tertiary/aromatic N) is 4. The van der Waals surface area contributed by atoms with Crippen LogP contribution in [0.15, 0.2) is 97.6 Å². The second-order valence-electron chi connectivity index (χ2n) is 10.8. The first-order valence-electron chi connectivity index (χ1n) is 14.9. The second kappa shape index (κ2) is 15.7. The summed E-state index contributed by atoms with van der Waals surface area (Å²) in [7, 11) is 0. The highest BCUT2D eigenvalue weighted by Crippen LogP contribution is 2.29. The van der Waals surface area contributed by atoms with Gasteiger partial charge in [0, 0.05) is 63.3 Å². The van der Waals surface area contributed by atoms with E-state index in [2.05, 4.69) is 25.3 Å². The molecule has 262 valence electrons. The van der Waals surface area contributed by atoms with Crippen LogP contribution in [0, 0.1) is 0 Å². The zero-order valence-corrected chi connectivity index (χ0v) is 27.5. The van der Waals surface area contributed by atoms with Crippen LogP contribution in [0.1, 0.15) is 27.4 Å². The fourth-order valence-corrected chi connectivity index (χ4v) is 4.95. The average Bonchev–Trinajstić information content (AvgIpc) is 3.10. The molecule has 2 N–H and O–H groups in total. The molecule has 6 aromatic rings. The summed E-state index contributed by atoms with van der Waals surface area (Å²) in [5.74, 6) is -1.55. The number of amides is 2. The van der Waals surface area contributed by atoms with Crippen LogP contribution in [-0.2, 0) is 0 Å². The van der Waals surface area contributed by atoms with Crippen molar-refractivity contribution in [3.05, 3.63) is 119 Å². The third kappa shape index (κ3) is 10.1. The molecule has 6 rings (SSSR count). The predicted molar refractivity (Wildman–Crippen MR) is 181 cm³/mol. The number of benzene rings is 2. The highest BCUT2D eigenvalue weighted by molar-refractivity contribution is 6.31. The number of carbonyl (C=O) groups excluding carboxylic acids is 2. The molecule has 0 atom stereocenters. The van der Waals surface area contributed by atoms with Gasteiger partial charge in [-0.1, -0.05) is 47.5 Å². The molecule has 0 aliphatic rings. The maximum atomic E-state index is 12.2. The molecule has 0 spiro atoms. The van der Waals surface area contributed by atoms with E-state index in [0.717, 1.165) is 11.1 Å². The summed E-state index contributed by atoms with van der Waals surface area (Å²) >= 11 is 11.8. The summed E-state index contributed by atoms with van der Waals surface area (Å²) in [6, 6.07) is 20.1. The van der Waals surface area contributed by atoms with Gasteiger partial charge in [-0.25, -0.2) is 9.97 Å². The normalized spacial score (nSPS) is 11.5. The fourth-order valence-electron chi connectivity index (χ4n) is 4.70. The van der Waals surface area contributed by atoms with E-state index in [0.29, 0.717) is 43.0 Å². The molecule has 4 aromatic heterocycles. The van der Waals surface area contributed by atoms with Gasteiger partial charge in [-0.05, 0) is 59.7 Å². The Morgan fingerprint density at radius 3 is 1.41 bits per heavy atom. The third-order valence-electron chi connectivity index (χ3n) is 7.12. The molecule has 2 aromatic carbocycles. The lowest BCUT2D eigenvalue weighted by Gasteiger charge is -2.10. The molecule has 0 unspecified atom stereocenters. The molecule has 0 aliphatic carbocycles. The Balaban J connectivity index is 0.000000198. The third-order valence-corrected chi connectivity index (χ3v) is 7.62. The number of hydrogen-bond acceptors (Lipinski definition) is 6. The quantitative estimate of drug-likeness (QED) is 0.158. The Morgan fingerprint density at radius 1 is 0.569 bits per heavy atom. The first-order valence-corrected chi connectivity index (χ1v) is 15.6. The van der Waals surface area contributed by atoms with Crippen molar-refractivity contribution in [3.63, 3.8) is 0 Å². The molecule has 0 saturated carbocycles. The van der Waals surface area contributed by atoms with E-state index in [9.17, 15) is 35.9 Å². The van der Waals surface area contributed by atoms with Crippen LogP contribution in [0.3, 0.4) is 0 Å². The first kappa shape index (κ1) is 36.9. The van der Waals surface area contributed by atoms with Gasteiger partial charge in [0.2, 0.25) is 0 Å². The monoisotopic (exact) mass is 744 g/mol. The van der Waals surface area contributed by atoms with Crippen LogP contribution < -0.4 is 10.6 Å². The minimum atomic E-state index is -4.48. The molecule has 0 saturated heterocycles. The van der Waals surface area contributed by atoms with Crippen molar-refractivity contribution in [2.75, 3.05) is 13.1 Å². The summed E-state index contributed by atoms with van der Waals surface area (Å²) in [5, 5.41) is 6.57. The standard InChI is InChI=1S/C18H13ClF3N3O.C17H11ClF3N3O/c19-13-4-1-11(2-5-13)14-10-23-9-12-3-6-15(25-16(12)14)17(26)24-8-7-18(20,21)22;18-12-4-1-10(2-5-12)13-8-22-7-11-3-6-14(24-15(11)13)16(25)23-9-17(19,20)21/h1-6,9-10H,7-8H2,(H,24,26);1-8H,9H2,(H,23,25). The van der Waals surface area contributed by atoms with Crippen molar-refractivity contribution in [1.82, 2.24) is 30.6 Å². The maximum Gasteiger partial charge on any atom is 0.405 e. The van der Waals surface area contributed by atoms with Gasteiger partial charge in [0.1, 0.15) is 17.9 Å². The van der Waals surface area contributed by atoms with E-state index < -0.39 is 43.7 Å². The lowest BCUT2D eigenvalue weighted by atomic mass is 10.0. The lowest BCUT2D eigenvalue weighted by Crippen LogP contribution is -2.34. The zero-order valence-electron chi connectivity index (χ0n) is 26.0. The number of rotatable bonds is 7. The molecule has 0 aliphatic heterocycles. The molecule has 16 heteroatoms. The van der Waals surface area contributed by atoms with Crippen LogP contribution in [-0.4, -0.2) is 57.2 Å². The fraction of sp³-hybridized carbons (Fsp3) is 0.143. The molecular formula is C35H24Cl2F6N6O2. The Kier molecular flexibility index (Phi) is 11.4. The Morgan fingerprint density at radius 2 is 1.00 bits per heavy atom. The van der Waals surface area contributed by atoms with E-state index in [4.69, 9.17) is 23.2 Å². The van der Waals surface area contributed by atoms with Crippen molar-refractivity contribution < 1.29 is 35.9 Å². The molecule has 2 amide bonds. The molecule has 51 heavy (non-hydrogen) atoms. The van der Waals surface area contributed by atoms with Crippen molar-refractivity contribution in [1.29, 1.82) is 0 Å². The summed E-state index contributed by atoms with van der Waals surface area (Å²) in [6.45, 7) is -1.91. The van der Waals surface area contributed by atoms with Crippen molar-refractivity contribution >= 4 is 56.8 Å². The number of pyridine rings is 4. The van der Waals surface area contributed by atoms with Crippen molar-refractivity contribution in [2.45, 2.75) is 18.8 Å². The summed E-state index contributed by atoms with van der Waals surface area (Å²) < 4.78 is 73.4. The maximum absolute atomic E-state index is 12.2. The Bertz CT molecular complexity index is 2180. The van der Waals surface area contributed by atoms with Crippen LogP contribution in [0.4, 0.5) is 26.3 Å². The van der Waals surface area contributed by atoms with Crippen LogP contribution in [0.2, 0.25) is 10.0 Å². The second-order valence-corrected chi connectivity index (χ2v) is 11.7. The van der Waals surface area contributed by atoms with E-state index in [-0.39, 0.29) is 11.4 Å². The summed E-state index contributed by atoms with van der Waals surface area (Å²) in [4.78, 5) is 40.9. The van der Waals surface area contributed by atoms with Gasteiger partial charge in [-0.3, -0.25) is 19.6 Å². The average molecular weight is 746 g/mol. The highest BCUT2D eigenvalue weighted by Gasteiger charge is 2.28. The van der Waals surface area contributed by atoms with Gasteiger partial charge in [0.05, 0.1) is 17.5 Å². The van der Waals surface area contributed by atoms with Gasteiger partial charge in [0.25, 0.3) is 11.8 Å². The van der Waals surface area contributed by atoms with Gasteiger partial charge in [-0.15, -0.1) is 0 Å². The van der Waals surface area contributed by atoms with Gasteiger partial charge >= 0.3 is 12.4 Å². The molecule has 0 bridgehead atoms. The van der Waals surface area contributed by atoms with Gasteiger partial charge in [0.15, 0.2) is 0 Å². The first-order chi connectivity index (χ1) is 24.2. The molecule has 0 fully saturated rings. The number of hydrogen-bond donors (Lipinski definition) is 2. The van der Waals surface area contributed by atoms with Crippen LogP contribution in [0.25, 0.3) is 44.1 Å². The van der Waals surface area contributed by atoms with Crippen LogP contribution in [0.5, 0.6) is 0 Å². The SMILES string of the molecule is O=C(NCC(F)(F)F)c1ccc2cncc(-c3ccc(Cl)cc3)c2n1.O=C(NCCC(F)(F)F)c1ccc2cncc(-c3ccc(Cl)cc3)c2n1. The molecule has 0 radical (unpaired) electrons. The molecule has 4 heterocycles. The Labute approximate surface area is 295 Å². The lowest BCUT2D eigenvalue weighted by molar-refractivity contribution is -0.133. The van der Waals surface area contributed by atoms with Crippen molar-refractivity contribution in [3.8, 4) is 22.3 Å². The highest BCUT2D eigenvalue weighted by atomic mass is 35.5. The van der Waals surface area contributed by atoms with Gasteiger partial charge < -0.3 is 10.6 Å². The minimum Gasteiger partial charge on any atom is -0.350 e. The summed E-state index contributed by atoms with van der Waals surface area (Å²) in [5.41, 5.74) is 3.89. The van der Waals surface area contributed by atoms with E-state index in [1.165, 1.54) is 12.1 Å². The number of alkyl halides is 6. The topological polar surface area (TPSA) is 110 Å². The number of halogens is 8. The largest absolute Gasteiger partial charge is 0.405 e. The number of aromatic nitrogens is 4. The predicted octanol–water partition coefficient (Wildman–Crippen LogP) is 8.87. The summed E-state index contributed by atoms with van der Waals surface area (Å²) in [6.07, 6.45) is -3.53. The molecule has 8 nitrogen and oxygen atoms in total. The van der Waals surface area contributed by atoms with E-state index >= 15 is 0 Å². The minimum absolute atomic E-state index is 0.0427.